The first-order chi connectivity index (χ1) is 12.5. The third-order valence-corrected chi connectivity index (χ3v) is 4.32. The fourth-order valence-corrected chi connectivity index (χ4v) is 2.91. The van der Waals surface area contributed by atoms with Crippen LogP contribution in [0.3, 0.4) is 0 Å². The molecule has 0 amide bonds. The number of pyridine rings is 1. The van der Waals surface area contributed by atoms with E-state index in [-0.39, 0.29) is 0 Å². The maximum absolute atomic E-state index is 12.6. The summed E-state index contributed by atoms with van der Waals surface area (Å²) in [5.41, 5.74) is 1.44. The summed E-state index contributed by atoms with van der Waals surface area (Å²) in [7, 11) is 1.45. The van der Waals surface area contributed by atoms with E-state index in [1.165, 1.54) is 37.4 Å². The molecule has 0 atom stereocenters. The van der Waals surface area contributed by atoms with Crippen molar-refractivity contribution in [1.82, 2.24) is 4.98 Å². The van der Waals surface area contributed by atoms with E-state index >= 15 is 0 Å². The molecule has 0 fully saturated rings. The van der Waals surface area contributed by atoms with Gasteiger partial charge in [0.2, 0.25) is 0 Å². The van der Waals surface area contributed by atoms with Crippen LogP contribution in [0, 0.1) is 0 Å². The molecule has 8 heteroatoms. The zero-order chi connectivity index (χ0) is 18.6. The van der Waals surface area contributed by atoms with Crippen molar-refractivity contribution in [2.24, 2.45) is 5.16 Å². The number of fused-ring (bicyclic) bond motifs is 1. The molecule has 1 N–H and O–H groups in total. The smallest absolute Gasteiger partial charge is 0.399 e. The van der Waals surface area contributed by atoms with Gasteiger partial charge in [-0.2, -0.15) is 13.2 Å². The molecular weight excluding hydrogens is 363 g/mol. The zero-order valence-corrected chi connectivity index (χ0v) is 14.4. The molecule has 0 spiro atoms. The van der Waals surface area contributed by atoms with Gasteiger partial charge in [0.05, 0.1) is 28.7 Å². The van der Waals surface area contributed by atoms with E-state index < -0.39 is 11.7 Å². The summed E-state index contributed by atoms with van der Waals surface area (Å²) < 4.78 is 41.0. The van der Waals surface area contributed by atoms with E-state index in [0.29, 0.717) is 10.6 Å². The van der Waals surface area contributed by atoms with Crippen LogP contribution < -0.4 is 4.72 Å². The Labute approximate surface area is 152 Å². The molecule has 0 saturated carbocycles. The lowest BCUT2D eigenvalue weighted by Gasteiger charge is -2.10. The monoisotopic (exact) mass is 377 g/mol. The molecule has 134 valence electrons. The van der Waals surface area contributed by atoms with E-state index in [1.807, 2.05) is 30.3 Å². The molecule has 1 aromatic heterocycles. The Morgan fingerprint density at radius 2 is 1.85 bits per heavy atom. The number of alkyl halides is 3. The van der Waals surface area contributed by atoms with E-state index in [1.54, 1.807) is 0 Å². The first-order valence-corrected chi connectivity index (χ1v) is 8.35. The minimum atomic E-state index is -4.34. The van der Waals surface area contributed by atoms with Gasteiger partial charge in [-0.15, -0.1) is 0 Å². The van der Waals surface area contributed by atoms with Crippen LogP contribution in [-0.4, -0.2) is 18.3 Å². The number of aromatic nitrogens is 1. The standard InChI is InChI=1S/C18H14F3N3OS/c1-25-22-11-14-8-5-12-3-2-4-16(17(12)23-14)24-26-15-9-6-13(7-10-15)18(19,20)21/h2-11,24H,1H3/b22-11+. The lowest BCUT2D eigenvalue weighted by Crippen LogP contribution is -2.04. The fourth-order valence-electron chi connectivity index (χ4n) is 2.25. The third kappa shape index (κ3) is 4.26. The molecule has 26 heavy (non-hydrogen) atoms. The molecule has 2 aromatic carbocycles. The van der Waals surface area contributed by atoms with Gasteiger partial charge in [-0.1, -0.05) is 23.4 Å². The first-order valence-electron chi connectivity index (χ1n) is 7.54. The van der Waals surface area contributed by atoms with Crippen LogP contribution >= 0.6 is 11.9 Å². The quantitative estimate of drug-likeness (QED) is 0.370. The number of anilines is 1. The van der Waals surface area contributed by atoms with Gasteiger partial charge < -0.3 is 9.56 Å². The van der Waals surface area contributed by atoms with Crippen molar-refractivity contribution in [3.05, 3.63) is 65.9 Å². The molecule has 0 radical (unpaired) electrons. The van der Waals surface area contributed by atoms with Crippen LogP contribution in [0.25, 0.3) is 10.9 Å². The topological polar surface area (TPSA) is 46.5 Å². The van der Waals surface area contributed by atoms with Crippen molar-refractivity contribution in [2.75, 3.05) is 11.8 Å². The molecule has 1 heterocycles. The fraction of sp³-hybridized carbons (Fsp3) is 0.111. The van der Waals surface area contributed by atoms with Gasteiger partial charge >= 0.3 is 6.18 Å². The highest BCUT2D eigenvalue weighted by atomic mass is 32.2. The number of nitrogens with one attached hydrogen (secondary N) is 1. The third-order valence-electron chi connectivity index (χ3n) is 3.49. The van der Waals surface area contributed by atoms with E-state index in [0.717, 1.165) is 28.7 Å². The lowest BCUT2D eigenvalue weighted by atomic mass is 10.2. The predicted octanol–water partition coefficient (Wildman–Crippen LogP) is 5.35. The van der Waals surface area contributed by atoms with Gasteiger partial charge in [-0.05, 0) is 48.3 Å². The number of hydrogen-bond acceptors (Lipinski definition) is 5. The number of hydrogen-bond donors (Lipinski definition) is 1. The second-order valence-electron chi connectivity index (χ2n) is 5.26. The molecule has 0 unspecified atom stereocenters. The van der Waals surface area contributed by atoms with Crippen molar-refractivity contribution < 1.29 is 18.0 Å². The first kappa shape index (κ1) is 18.1. The number of benzene rings is 2. The maximum Gasteiger partial charge on any atom is 0.416 e. The van der Waals surface area contributed by atoms with Gasteiger partial charge in [0, 0.05) is 10.3 Å². The Balaban J connectivity index is 1.81. The molecule has 0 aliphatic heterocycles. The number of oxime groups is 1. The van der Waals surface area contributed by atoms with Crippen molar-refractivity contribution in [3.8, 4) is 0 Å². The van der Waals surface area contributed by atoms with Gasteiger partial charge in [0.1, 0.15) is 7.11 Å². The molecule has 3 rings (SSSR count). The molecular formula is C18H14F3N3OS. The van der Waals surface area contributed by atoms with E-state index in [2.05, 4.69) is 19.7 Å². The Hall–Kier alpha value is -2.74. The summed E-state index contributed by atoms with van der Waals surface area (Å²) in [6, 6.07) is 14.4. The van der Waals surface area contributed by atoms with Gasteiger partial charge in [-0.25, -0.2) is 4.98 Å². The molecule has 4 nitrogen and oxygen atoms in total. The van der Waals surface area contributed by atoms with Gasteiger partial charge in [0.15, 0.2) is 0 Å². The minimum absolute atomic E-state index is 0.633. The summed E-state index contributed by atoms with van der Waals surface area (Å²) in [6.07, 6.45) is -2.84. The summed E-state index contributed by atoms with van der Waals surface area (Å²) in [5.74, 6) is 0. The minimum Gasteiger partial charge on any atom is -0.399 e. The lowest BCUT2D eigenvalue weighted by molar-refractivity contribution is -0.137. The van der Waals surface area contributed by atoms with E-state index in [4.69, 9.17) is 0 Å². The number of nitrogens with zero attached hydrogens (tertiary/aromatic N) is 2. The van der Waals surface area contributed by atoms with Crippen molar-refractivity contribution in [3.63, 3.8) is 0 Å². The van der Waals surface area contributed by atoms with Crippen LogP contribution in [0.5, 0.6) is 0 Å². The van der Waals surface area contributed by atoms with Crippen LogP contribution in [0.4, 0.5) is 18.9 Å². The second kappa shape index (κ2) is 7.65. The normalized spacial score (nSPS) is 11.8. The van der Waals surface area contributed by atoms with Crippen molar-refractivity contribution >= 4 is 34.8 Å². The Morgan fingerprint density at radius 3 is 2.54 bits per heavy atom. The van der Waals surface area contributed by atoms with Crippen LogP contribution in [0.2, 0.25) is 0 Å². The average Bonchev–Trinajstić information content (AvgIpc) is 2.64. The average molecular weight is 377 g/mol. The molecule has 0 saturated heterocycles. The molecule has 0 aliphatic rings. The molecule has 0 bridgehead atoms. The van der Waals surface area contributed by atoms with Gasteiger partial charge in [-0.3, -0.25) is 0 Å². The van der Waals surface area contributed by atoms with Crippen LogP contribution in [0.1, 0.15) is 11.3 Å². The highest BCUT2D eigenvalue weighted by Gasteiger charge is 2.29. The highest BCUT2D eigenvalue weighted by Crippen LogP contribution is 2.32. The van der Waals surface area contributed by atoms with Crippen molar-refractivity contribution in [1.29, 1.82) is 0 Å². The summed E-state index contributed by atoms with van der Waals surface area (Å²) >= 11 is 1.22. The SMILES string of the molecule is CO/N=C/c1ccc2cccc(NSc3ccc(C(F)(F)F)cc3)c2n1. The number of para-hydroxylation sites is 1. The van der Waals surface area contributed by atoms with Crippen LogP contribution in [-0.2, 0) is 11.0 Å². The zero-order valence-electron chi connectivity index (χ0n) is 13.6. The van der Waals surface area contributed by atoms with Crippen LogP contribution in [0.15, 0.2) is 64.6 Å². The number of halogens is 3. The Bertz CT molecular complexity index is 927. The molecule has 3 aromatic rings. The summed E-state index contributed by atoms with van der Waals surface area (Å²) in [6.45, 7) is 0. The highest BCUT2D eigenvalue weighted by molar-refractivity contribution is 8.00. The van der Waals surface area contributed by atoms with Gasteiger partial charge in [0.25, 0.3) is 0 Å². The Morgan fingerprint density at radius 1 is 1.08 bits per heavy atom. The largest absolute Gasteiger partial charge is 0.416 e. The van der Waals surface area contributed by atoms with E-state index in [9.17, 15) is 13.2 Å². The molecule has 0 aliphatic carbocycles. The summed E-state index contributed by atoms with van der Waals surface area (Å²) in [5, 5.41) is 4.62. The summed E-state index contributed by atoms with van der Waals surface area (Å²) in [4.78, 5) is 9.83. The predicted molar refractivity (Wildman–Crippen MR) is 97.3 cm³/mol. The second-order valence-corrected chi connectivity index (χ2v) is 6.14. The number of rotatable bonds is 5. The Kier molecular flexibility index (Phi) is 5.32. The van der Waals surface area contributed by atoms with Crippen molar-refractivity contribution in [2.45, 2.75) is 11.1 Å². The maximum atomic E-state index is 12.6.